The molecule has 120 valence electrons. The van der Waals surface area contributed by atoms with Gasteiger partial charge in [0.15, 0.2) is 5.78 Å². The monoisotopic (exact) mass is 331 g/mol. The SMILES string of the molecule is COc1ccc(C(=O)CCCC(=O)Nc2ccccc2Cl)cc1. The van der Waals surface area contributed by atoms with Crippen LogP contribution in [0.1, 0.15) is 29.6 Å². The first-order valence-corrected chi connectivity index (χ1v) is 7.69. The van der Waals surface area contributed by atoms with Gasteiger partial charge in [0.2, 0.25) is 5.91 Å². The summed E-state index contributed by atoms with van der Waals surface area (Å²) in [5, 5.41) is 3.24. The summed E-state index contributed by atoms with van der Waals surface area (Å²) < 4.78 is 5.05. The molecule has 2 aromatic carbocycles. The Kier molecular flexibility index (Phi) is 6.18. The molecule has 0 heterocycles. The van der Waals surface area contributed by atoms with Crippen molar-refractivity contribution >= 4 is 29.0 Å². The number of nitrogens with one attached hydrogen (secondary N) is 1. The Balaban J connectivity index is 1.78. The highest BCUT2D eigenvalue weighted by Gasteiger charge is 2.09. The molecule has 0 saturated carbocycles. The van der Waals surface area contributed by atoms with Gasteiger partial charge in [0.05, 0.1) is 17.8 Å². The molecule has 0 aliphatic heterocycles. The topological polar surface area (TPSA) is 55.4 Å². The first-order chi connectivity index (χ1) is 11.1. The number of ether oxygens (including phenoxy) is 1. The second-order valence-electron chi connectivity index (χ2n) is 5.03. The van der Waals surface area contributed by atoms with Gasteiger partial charge in [0.1, 0.15) is 5.75 Å². The molecule has 5 heteroatoms. The van der Waals surface area contributed by atoms with Crippen molar-refractivity contribution in [3.63, 3.8) is 0 Å². The van der Waals surface area contributed by atoms with Gasteiger partial charge >= 0.3 is 0 Å². The molecule has 2 aromatic rings. The quantitative estimate of drug-likeness (QED) is 0.768. The van der Waals surface area contributed by atoms with Gasteiger partial charge in [0.25, 0.3) is 0 Å². The van der Waals surface area contributed by atoms with Gasteiger partial charge in [-0.05, 0) is 42.8 Å². The Hall–Kier alpha value is -2.33. The second-order valence-corrected chi connectivity index (χ2v) is 5.44. The average Bonchev–Trinajstić information content (AvgIpc) is 2.57. The van der Waals surface area contributed by atoms with Gasteiger partial charge in [-0.2, -0.15) is 0 Å². The average molecular weight is 332 g/mol. The standard InChI is InChI=1S/C18H18ClNO3/c1-23-14-11-9-13(10-12-14)17(21)7-4-8-18(22)20-16-6-3-2-5-15(16)19/h2-3,5-6,9-12H,4,7-8H2,1H3,(H,20,22). The molecular weight excluding hydrogens is 314 g/mol. The zero-order valence-corrected chi connectivity index (χ0v) is 13.6. The van der Waals surface area contributed by atoms with Crippen LogP contribution in [0.4, 0.5) is 5.69 Å². The van der Waals surface area contributed by atoms with Crippen LogP contribution in [0.15, 0.2) is 48.5 Å². The number of halogens is 1. The number of benzene rings is 2. The highest BCUT2D eigenvalue weighted by atomic mass is 35.5. The Morgan fingerprint density at radius 2 is 1.74 bits per heavy atom. The number of Topliss-reactive ketones (excluding diaryl/α,β-unsaturated/α-hetero) is 1. The van der Waals surface area contributed by atoms with Crippen molar-refractivity contribution in [2.24, 2.45) is 0 Å². The third-order valence-electron chi connectivity index (χ3n) is 3.37. The Bertz CT molecular complexity index is 683. The largest absolute Gasteiger partial charge is 0.497 e. The molecular formula is C18H18ClNO3. The third kappa shape index (κ3) is 5.11. The van der Waals surface area contributed by atoms with Crippen molar-refractivity contribution in [3.8, 4) is 5.75 Å². The summed E-state index contributed by atoms with van der Waals surface area (Å²) >= 11 is 5.98. The Labute approximate surface area is 140 Å². The molecule has 0 aliphatic rings. The van der Waals surface area contributed by atoms with Gasteiger partial charge < -0.3 is 10.1 Å². The number of carbonyl (C=O) groups is 2. The number of amides is 1. The van der Waals surface area contributed by atoms with Crippen molar-refractivity contribution < 1.29 is 14.3 Å². The summed E-state index contributed by atoms with van der Waals surface area (Å²) in [6.07, 6.45) is 1.08. The maximum atomic E-state index is 12.0. The zero-order chi connectivity index (χ0) is 16.7. The smallest absolute Gasteiger partial charge is 0.224 e. The van der Waals surface area contributed by atoms with Gasteiger partial charge in [0, 0.05) is 18.4 Å². The van der Waals surface area contributed by atoms with E-state index in [0.717, 1.165) is 0 Å². The minimum absolute atomic E-state index is 0.0122. The molecule has 0 bridgehead atoms. The molecule has 4 nitrogen and oxygen atoms in total. The first-order valence-electron chi connectivity index (χ1n) is 7.32. The van der Waals surface area contributed by atoms with Crippen molar-refractivity contribution in [1.82, 2.24) is 0 Å². The molecule has 0 aliphatic carbocycles. The summed E-state index contributed by atoms with van der Waals surface area (Å²) in [5.41, 5.74) is 1.21. The molecule has 0 fully saturated rings. The lowest BCUT2D eigenvalue weighted by Crippen LogP contribution is -2.12. The van der Waals surface area contributed by atoms with Crippen LogP contribution >= 0.6 is 11.6 Å². The van der Waals surface area contributed by atoms with Crippen LogP contribution in [0, 0.1) is 0 Å². The molecule has 23 heavy (non-hydrogen) atoms. The molecule has 1 N–H and O–H groups in total. The summed E-state index contributed by atoms with van der Waals surface area (Å²) in [4.78, 5) is 23.9. The second kappa shape index (κ2) is 8.34. The number of para-hydroxylation sites is 1. The zero-order valence-electron chi connectivity index (χ0n) is 12.8. The molecule has 0 aromatic heterocycles. The number of hydrogen-bond acceptors (Lipinski definition) is 3. The fourth-order valence-electron chi connectivity index (χ4n) is 2.11. The van der Waals surface area contributed by atoms with Crippen LogP contribution in [-0.2, 0) is 4.79 Å². The van der Waals surface area contributed by atoms with Crippen molar-refractivity contribution in [2.75, 3.05) is 12.4 Å². The summed E-state index contributed by atoms with van der Waals surface area (Å²) in [7, 11) is 1.58. The maximum Gasteiger partial charge on any atom is 0.224 e. The van der Waals surface area contributed by atoms with Crippen LogP contribution in [0.25, 0.3) is 0 Å². The number of hydrogen-bond donors (Lipinski definition) is 1. The molecule has 2 rings (SSSR count). The highest BCUT2D eigenvalue weighted by Crippen LogP contribution is 2.21. The minimum Gasteiger partial charge on any atom is -0.497 e. The third-order valence-corrected chi connectivity index (χ3v) is 3.70. The van der Waals surface area contributed by atoms with Gasteiger partial charge in [-0.15, -0.1) is 0 Å². The van der Waals surface area contributed by atoms with E-state index in [4.69, 9.17) is 16.3 Å². The van der Waals surface area contributed by atoms with E-state index in [-0.39, 0.29) is 18.1 Å². The summed E-state index contributed by atoms with van der Waals surface area (Å²) in [6, 6.07) is 14.0. The molecule has 0 unspecified atom stereocenters. The van der Waals surface area contributed by atoms with E-state index in [0.29, 0.717) is 34.9 Å². The number of rotatable bonds is 7. The van der Waals surface area contributed by atoms with Crippen molar-refractivity contribution in [2.45, 2.75) is 19.3 Å². The highest BCUT2D eigenvalue weighted by molar-refractivity contribution is 6.33. The molecule has 0 spiro atoms. The molecule has 0 radical (unpaired) electrons. The normalized spacial score (nSPS) is 10.2. The number of methoxy groups -OCH3 is 1. The van der Waals surface area contributed by atoms with Crippen LogP contribution in [-0.4, -0.2) is 18.8 Å². The van der Waals surface area contributed by atoms with E-state index < -0.39 is 0 Å². The van der Waals surface area contributed by atoms with Crippen molar-refractivity contribution in [3.05, 3.63) is 59.1 Å². The van der Waals surface area contributed by atoms with E-state index >= 15 is 0 Å². The number of carbonyl (C=O) groups excluding carboxylic acids is 2. The van der Waals surface area contributed by atoms with E-state index in [1.54, 1.807) is 55.6 Å². The number of ketones is 1. The van der Waals surface area contributed by atoms with Gasteiger partial charge in [-0.1, -0.05) is 23.7 Å². The predicted octanol–water partition coefficient (Wildman–Crippen LogP) is 4.34. The van der Waals surface area contributed by atoms with Crippen molar-refractivity contribution in [1.29, 1.82) is 0 Å². The predicted molar refractivity (Wildman–Crippen MR) is 91.3 cm³/mol. The molecule has 0 atom stereocenters. The number of anilines is 1. The van der Waals surface area contributed by atoms with Crippen LogP contribution in [0.3, 0.4) is 0 Å². The van der Waals surface area contributed by atoms with E-state index in [1.807, 2.05) is 0 Å². The van der Waals surface area contributed by atoms with E-state index in [1.165, 1.54) is 0 Å². The fourth-order valence-corrected chi connectivity index (χ4v) is 2.29. The lowest BCUT2D eigenvalue weighted by Gasteiger charge is -2.07. The van der Waals surface area contributed by atoms with E-state index in [2.05, 4.69) is 5.32 Å². The summed E-state index contributed by atoms with van der Waals surface area (Å²) in [6.45, 7) is 0. The maximum absolute atomic E-state index is 12.0. The lowest BCUT2D eigenvalue weighted by molar-refractivity contribution is -0.116. The minimum atomic E-state index is -0.152. The van der Waals surface area contributed by atoms with E-state index in [9.17, 15) is 9.59 Å². The first kappa shape index (κ1) is 17.0. The Morgan fingerprint density at radius 3 is 2.39 bits per heavy atom. The molecule has 1 amide bonds. The van der Waals surface area contributed by atoms with Crippen LogP contribution in [0.5, 0.6) is 5.75 Å². The Morgan fingerprint density at radius 1 is 1.04 bits per heavy atom. The van der Waals surface area contributed by atoms with Crippen LogP contribution < -0.4 is 10.1 Å². The fraction of sp³-hybridized carbons (Fsp3) is 0.222. The van der Waals surface area contributed by atoms with Gasteiger partial charge in [-0.3, -0.25) is 9.59 Å². The van der Waals surface area contributed by atoms with Gasteiger partial charge in [-0.25, -0.2) is 0 Å². The van der Waals surface area contributed by atoms with Crippen LogP contribution in [0.2, 0.25) is 5.02 Å². The lowest BCUT2D eigenvalue weighted by atomic mass is 10.1. The molecule has 0 saturated heterocycles. The summed E-state index contributed by atoms with van der Waals surface area (Å²) in [5.74, 6) is 0.569.